The Bertz CT molecular complexity index is 664. The number of carbonyl (C=O) groups is 2. The van der Waals surface area contributed by atoms with E-state index in [1.807, 2.05) is 11.8 Å². The number of hydrogen-bond acceptors (Lipinski definition) is 3. The smallest absolute Gasteiger partial charge is 0.234 e. The monoisotopic (exact) mass is 375 g/mol. The SMILES string of the molecule is CCN1C[C@@]2(CCCN(CC(=O)NCCc3ccc(F)cc3)C2)CCC1=O. The summed E-state index contributed by atoms with van der Waals surface area (Å²) in [6, 6.07) is 6.39. The average molecular weight is 375 g/mol. The molecule has 1 N–H and O–H groups in total. The molecule has 0 unspecified atom stereocenters. The van der Waals surface area contributed by atoms with Crippen LogP contribution in [-0.4, -0.2) is 60.9 Å². The second-order valence-corrected chi connectivity index (χ2v) is 7.95. The molecule has 2 saturated heterocycles. The van der Waals surface area contributed by atoms with Crippen LogP contribution in [0.1, 0.15) is 38.2 Å². The van der Waals surface area contributed by atoms with Crippen LogP contribution in [0, 0.1) is 11.2 Å². The molecule has 3 rings (SSSR count). The molecule has 2 aliphatic rings. The average Bonchev–Trinajstić information content (AvgIpc) is 2.66. The van der Waals surface area contributed by atoms with Gasteiger partial charge < -0.3 is 10.2 Å². The summed E-state index contributed by atoms with van der Waals surface area (Å²) in [5.41, 5.74) is 1.16. The van der Waals surface area contributed by atoms with Gasteiger partial charge in [0, 0.05) is 38.0 Å². The Hall–Kier alpha value is -1.95. The van der Waals surface area contributed by atoms with Crippen molar-refractivity contribution in [2.24, 2.45) is 5.41 Å². The van der Waals surface area contributed by atoms with Gasteiger partial charge in [-0.2, -0.15) is 0 Å². The lowest BCUT2D eigenvalue weighted by Crippen LogP contribution is -2.55. The molecule has 1 spiro atoms. The Balaban J connectivity index is 1.45. The molecule has 2 fully saturated rings. The second-order valence-electron chi connectivity index (χ2n) is 7.95. The minimum Gasteiger partial charge on any atom is -0.355 e. The normalized spacial score (nSPS) is 23.6. The zero-order chi connectivity index (χ0) is 19.3. The Morgan fingerprint density at radius 3 is 2.74 bits per heavy atom. The molecule has 0 aromatic heterocycles. The third-order valence-electron chi connectivity index (χ3n) is 5.89. The summed E-state index contributed by atoms with van der Waals surface area (Å²) in [5, 5.41) is 2.97. The lowest BCUT2D eigenvalue weighted by molar-refractivity contribution is -0.139. The molecule has 2 amide bonds. The second kappa shape index (κ2) is 8.83. The van der Waals surface area contributed by atoms with Gasteiger partial charge in [-0.1, -0.05) is 12.1 Å². The van der Waals surface area contributed by atoms with Gasteiger partial charge in [0.25, 0.3) is 0 Å². The molecular weight excluding hydrogens is 345 g/mol. The van der Waals surface area contributed by atoms with Crippen molar-refractivity contribution in [1.29, 1.82) is 0 Å². The van der Waals surface area contributed by atoms with E-state index < -0.39 is 0 Å². The van der Waals surface area contributed by atoms with Crippen molar-refractivity contribution in [1.82, 2.24) is 15.1 Å². The fourth-order valence-electron chi connectivity index (χ4n) is 4.42. The minimum atomic E-state index is -0.243. The number of nitrogens with zero attached hydrogens (tertiary/aromatic N) is 2. The number of hydrogen-bond donors (Lipinski definition) is 1. The lowest BCUT2D eigenvalue weighted by atomic mass is 9.73. The largest absolute Gasteiger partial charge is 0.355 e. The zero-order valence-electron chi connectivity index (χ0n) is 16.2. The minimum absolute atomic E-state index is 0.0356. The van der Waals surface area contributed by atoms with Crippen molar-refractivity contribution in [2.75, 3.05) is 39.3 Å². The number of rotatable bonds is 6. The molecule has 148 valence electrons. The van der Waals surface area contributed by atoms with Crippen molar-refractivity contribution in [3.63, 3.8) is 0 Å². The van der Waals surface area contributed by atoms with Crippen LogP contribution in [0.15, 0.2) is 24.3 Å². The molecular formula is C21H30FN3O2. The maximum Gasteiger partial charge on any atom is 0.234 e. The van der Waals surface area contributed by atoms with E-state index in [1.54, 1.807) is 12.1 Å². The molecule has 1 aromatic carbocycles. The molecule has 2 heterocycles. The van der Waals surface area contributed by atoms with E-state index in [0.717, 1.165) is 51.0 Å². The van der Waals surface area contributed by atoms with Gasteiger partial charge in [0.2, 0.25) is 11.8 Å². The van der Waals surface area contributed by atoms with Crippen molar-refractivity contribution in [3.05, 3.63) is 35.6 Å². The fraction of sp³-hybridized carbons (Fsp3) is 0.619. The quantitative estimate of drug-likeness (QED) is 0.829. The summed E-state index contributed by atoms with van der Waals surface area (Å²) in [5.74, 6) is 0.0556. The number of benzene rings is 1. The number of halogens is 1. The molecule has 0 aliphatic carbocycles. The van der Waals surface area contributed by atoms with Gasteiger partial charge in [-0.3, -0.25) is 14.5 Å². The van der Waals surface area contributed by atoms with Crippen molar-refractivity contribution >= 4 is 11.8 Å². The molecule has 0 radical (unpaired) electrons. The third kappa shape index (κ3) is 5.28. The Morgan fingerprint density at radius 2 is 2.00 bits per heavy atom. The number of piperidine rings is 2. The van der Waals surface area contributed by atoms with E-state index in [2.05, 4.69) is 10.2 Å². The first-order valence-electron chi connectivity index (χ1n) is 10.0. The Labute approximate surface area is 160 Å². The summed E-state index contributed by atoms with van der Waals surface area (Å²) >= 11 is 0. The van der Waals surface area contributed by atoms with E-state index in [0.29, 0.717) is 25.9 Å². The number of amides is 2. The predicted molar refractivity (Wildman–Crippen MR) is 103 cm³/mol. The Morgan fingerprint density at radius 1 is 1.22 bits per heavy atom. The van der Waals surface area contributed by atoms with Crippen LogP contribution < -0.4 is 5.32 Å². The lowest BCUT2D eigenvalue weighted by Gasteiger charge is -2.48. The van der Waals surface area contributed by atoms with Crippen LogP contribution in [0.3, 0.4) is 0 Å². The predicted octanol–water partition coefficient (Wildman–Crippen LogP) is 2.21. The topological polar surface area (TPSA) is 52.6 Å². The summed E-state index contributed by atoms with van der Waals surface area (Å²) in [6.07, 6.45) is 4.48. The maximum absolute atomic E-state index is 12.9. The van der Waals surface area contributed by atoms with Gasteiger partial charge in [0.1, 0.15) is 5.82 Å². The van der Waals surface area contributed by atoms with Crippen LogP contribution in [0.5, 0.6) is 0 Å². The van der Waals surface area contributed by atoms with Crippen LogP contribution in [0.25, 0.3) is 0 Å². The molecule has 0 bridgehead atoms. The molecule has 0 saturated carbocycles. The summed E-state index contributed by atoms with van der Waals surface area (Å²) < 4.78 is 12.9. The molecule has 2 aliphatic heterocycles. The van der Waals surface area contributed by atoms with Crippen LogP contribution >= 0.6 is 0 Å². The fourth-order valence-corrected chi connectivity index (χ4v) is 4.42. The van der Waals surface area contributed by atoms with Crippen molar-refractivity contribution in [3.8, 4) is 0 Å². The van der Waals surface area contributed by atoms with Gasteiger partial charge in [-0.15, -0.1) is 0 Å². The first kappa shape index (κ1) is 19.8. The molecule has 27 heavy (non-hydrogen) atoms. The van der Waals surface area contributed by atoms with E-state index in [1.165, 1.54) is 12.1 Å². The standard InChI is InChI=1S/C21H30FN3O2/c1-2-25-16-21(11-8-20(25)27)10-3-13-24(15-21)14-19(26)23-12-9-17-4-6-18(22)7-5-17/h4-7H,2-3,8-16H2,1H3,(H,23,26)/t21-/m0/s1. The molecule has 1 aromatic rings. The van der Waals surface area contributed by atoms with Crippen LogP contribution in [-0.2, 0) is 16.0 Å². The highest BCUT2D eigenvalue weighted by molar-refractivity contribution is 5.78. The molecule has 1 atom stereocenters. The highest BCUT2D eigenvalue weighted by atomic mass is 19.1. The van der Waals surface area contributed by atoms with E-state index in [-0.39, 0.29) is 23.0 Å². The van der Waals surface area contributed by atoms with Gasteiger partial charge in [0.05, 0.1) is 6.54 Å². The van der Waals surface area contributed by atoms with Crippen LogP contribution in [0.2, 0.25) is 0 Å². The van der Waals surface area contributed by atoms with Crippen LogP contribution in [0.4, 0.5) is 4.39 Å². The molecule has 6 heteroatoms. The van der Waals surface area contributed by atoms with Gasteiger partial charge >= 0.3 is 0 Å². The highest BCUT2D eigenvalue weighted by Gasteiger charge is 2.41. The van der Waals surface area contributed by atoms with E-state index in [4.69, 9.17) is 0 Å². The first-order chi connectivity index (χ1) is 13.0. The third-order valence-corrected chi connectivity index (χ3v) is 5.89. The Kier molecular flexibility index (Phi) is 6.47. The summed E-state index contributed by atoms with van der Waals surface area (Å²) in [7, 11) is 0. The molecule has 5 nitrogen and oxygen atoms in total. The first-order valence-corrected chi connectivity index (χ1v) is 10.0. The van der Waals surface area contributed by atoms with Gasteiger partial charge in [-0.05, 0) is 56.8 Å². The summed E-state index contributed by atoms with van der Waals surface area (Å²) in [4.78, 5) is 28.5. The zero-order valence-corrected chi connectivity index (χ0v) is 16.2. The van der Waals surface area contributed by atoms with E-state index >= 15 is 0 Å². The highest BCUT2D eigenvalue weighted by Crippen LogP contribution is 2.38. The van der Waals surface area contributed by atoms with Crippen molar-refractivity contribution < 1.29 is 14.0 Å². The van der Waals surface area contributed by atoms with E-state index in [9.17, 15) is 14.0 Å². The van der Waals surface area contributed by atoms with Gasteiger partial charge in [-0.25, -0.2) is 4.39 Å². The number of likely N-dealkylation sites (tertiary alicyclic amines) is 2. The van der Waals surface area contributed by atoms with Crippen molar-refractivity contribution in [2.45, 2.75) is 39.0 Å². The van der Waals surface area contributed by atoms with Gasteiger partial charge in [0.15, 0.2) is 0 Å². The summed E-state index contributed by atoms with van der Waals surface area (Å²) in [6.45, 7) is 6.42. The maximum atomic E-state index is 12.9. The number of carbonyl (C=O) groups excluding carboxylic acids is 2. The number of nitrogens with one attached hydrogen (secondary N) is 1.